The van der Waals surface area contributed by atoms with Gasteiger partial charge >= 0.3 is 0 Å². The van der Waals surface area contributed by atoms with Crippen LogP contribution in [0.5, 0.6) is 0 Å². The lowest BCUT2D eigenvalue weighted by Crippen LogP contribution is -2.35. The standard InChI is InChI=1S/C18H20N2.C13H16N2.C12H16N2.C11H14N2/c1-16-19(14-17-8-4-2-5-9-17)12-13-20(16)15-18-10-6-3-7-11-18;1-14-10-11-15(12-14)9-5-8-13-6-3-2-4-7-13;1-11-13(2)8-9-14(11)10-12-6-4-3-5-7-12;1-12-7-8-13(10-12)9-11-5-3-2-4-6-11/h2-13,16H,14-15H2,1H3;2-8,10-11H,9,12H2,1H3;3-9,11H,10H2,1-2H3;2-8H,9-10H2,1H3/b;8-5+;;. The van der Waals surface area contributed by atoms with Crippen molar-refractivity contribution in [3.63, 3.8) is 0 Å². The van der Waals surface area contributed by atoms with Gasteiger partial charge in [0.15, 0.2) is 0 Å². The highest BCUT2D eigenvalue weighted by atomic mass is 15.4. The molecule has 4 aliphatic rings. The third kappa shape index (κ3) is 14.7. The summed E-state index contributed by atoms with van der Waals surface area (Å²) >= 11 is 0. The van der Waals surface area contributed by atoms with Gasteiger partial charge in [-0.1, -0.05) is 164 Å². The van der Waals surface area contributed by atoms with E-state index in [4.69, 9.17) is 0 Å². The van der Waals surface area contributed by atoms with Gasteiger partial charge in [0, 0.05) is 103 Å². The Morgan fingerprint density at radius 3 is 1.16 bits per heavy atom. The van der Waals surface area contributed by atoms with Crippen LogP contribution in [0.3, 0.4) is 0 Å². The second-order valence-corrected chi connectivity index (χ2v) is 16.2. The van der Waals surface area contributed by atoms with Gasteiger partial charge in [-0.25, -0.2) is 0 Å². The molecule has 4 heterocycles. The van der Waals surface area contributed by atoms with Crippen LogP contribution in [0.4, 0.5) is 0 Å². The van der Waals surface area contributed by atoms with Gasteiger partial charge in [0.1, 0.15) is 0 Å². The summed E-state index contributed by atoms with van der Waals surface area (Å²) in [5.41, 5.74) is 6.69. The largest absolute Gasteiger partial charge is 0.362 e. The molecule has 4 aliphatic heterocycles. The summed E-state index contributed by atoms with van der Waals surface area (Å²) in [6.07, 6.45) is 22.3. The lowest BCUT2D eigenvalue weighted by molar-refractivity contribution is 0.159. The van der Waals surface area contributed by atoms with Crippen molar-refractivity contribution in [2.75, 3.05) is 41.0 Å². The summed E-state index contributed by atoms with van der Waals surface area (Å²) in [6.45, 7) is 11.3. The first-order valence-corrected chi connectivity index (χ1v) is 21.8. The van der Waals surface area contributed by atoms with Gasteiger partial charge < -0.3 is 39.2 Å². The Labute approximate surface area is 372 Å². The molecule has 0 aromatic heterocycles. The van der Waals surface area contributed by atoms with Crippen molar-refractivity contribution in [2.45, 2.75) is 52.4 Å². The maximum absolute atomic E-state index is 2.37. The van der Waals surface area contributed by atoms with Crippen LogP contribution >= 0.6 is 0 Å². The molecule has 0 saturated carbocycles. The van der Waals surface area contributed by atoms with E-state index in [2.05, 4.69) is 282 Å². The van der Waals surface area contributed by atoms with Gasteiger partial charge in [0.05, 0.1) is 25.7 Å². The number of rotatable bonds is 11. The third-order valence-electron chi connectivity index (χ3n) is 11.1. The highest BCUT2D eigenvalue weighted by Crippen LogP contribution is 2.21. The summed E-state index contributed by atoms with van der Waals surface area (Å²) in [6, 6.07) is 52.7. The summed E-state index contributed by atoms with van der Waals surface area (Å²) < 4.78 is 0. The molecule has 0 spiro atoms. The SMILES string of the molecule is CC1N(C)C=CN1Cc1ccccc1.CC1N(Cc2ccccc2)C=CN1Cc1ccccc1.CN1C=CN(C/C=C/c2ccccc2)C1.CN1C=CN(Cc2ccccc2)C1. The highest BCUT2D eigenvalue weighted by Gasteiger charge is 2.22. The van der Waals surface area contributed by atoms with Crippen molar-refractivity contribution in [1.82, 2.24) is 39.2 Å². The van der Waals surface area contributed by atoms with E-state index >= 15 is 0 Å². The van der Waals surface area contributed by atoms with Crippen LogP contribution in [-0.2, 0) is 26.2 Å². The fourth-order valence-electron chi connectivity index (χ4n) is 7.33. The Hall–Kier alpha value is -6.80. The van der Waals surface area contributed by atoms with Crippen LogP contribution in [0.2, 0.25) is 0 Å². The van der Waals surface area contributed by atoms with E-state index in [9.17, 15) is 0 Å². The second kappa shape index (κ2) is 23.8. The molecule has 5 aromatic carbocycles. The Morgan fingerprint density at radius 1 is 0.403 bits per heavy atom. The van der Waals surface area contributed by atoms with E-state index in [1.807, 2.05) is 6.07 Å². The molecule has 0 amide bonds. The first kappa shape index (κ1) is 44.7. The average molecular weight is 827 g/mol. The van der Waals surface area contributed by atoms with E-state index in [0.29, 0.717) is 12.3 Å². The van der Waals surface area contributed by atoms with Crippen LogP contribution in [0, 0.1) is 0 Å². The summed E-state index contributed by atoms with van der Waals surface area (Å²) in [5.74, 6) is 0. The second-order valence-electron chi connectivity index (χ2n) is 16.2. The van der Waals surface area contributed by atoms with Gasteiger partial charge in [-0.05, 0) is 41.7 Å². The molecule has 8 nitrogen and oxygen atoms in total. The zero-order valence-corrected chi connectivity index (χ0v) is 37.4. The minimum atomic E-state index is 0.399. The normalized spacial score (nSPS) is 16.5. The molecule has 9 rings (SSSR count). The van der Waals surface area contributed by atoms with E-state index < -0.39 is 0 Å². The van der Waals surface area contributed by atoms with Gasteiger partial charge in [-0.3, -0.25) is 0 Å². The minimum absolute atomic E-state index is 0.399. The van der Waals surface area contributed by atoms with Crippen LogP contribution in [0.15, 0.2) is 207 Å². The molecular weight excluding hydrogens is 761 g/mol. The zero-order chi connectivity index (χ0) is 43.4. The van der Waals surface area contributed by atoms with Gasteiger partial charge in [0.25, 0.3) is 0 Å². The summed E-state index contributed by atoms with van der Waals surface area (Å²) in [7, 11) is 6.27. The van der Waals surface area contributed by atoms with Crippen molar-refractivity contribution in [3.05, 3.63) is 235 Å². The van der Waals surface area contributed by atoms with Gasteiger partial charge in [-0.15, -0.1) is 0 Å². The monoisotopic (exact) mass is 827 g/mol. The van der Waals surface area contributed by atoms with Crippen LogP contribution in [-0.4, -0.2) is 92.6 Å². The smallest absolute Gasteiger partial charge is 0.0984 e. The number of benzene rings is 5. The molecule has 0 saturated heterocycles. The molecule has 8 heteroatoms. The lowest BCUT2D eigenvalue weighted by Gasteiger charge is -2.30. The van der Waals surface area contributed by atoms with Gasteiger partial charge in [-0.2, -0.15) is 0 Å². The molecule has 0 radical (unpaired) electrons. The summed E-state index contributed by atoms with van der Waals surface area (Å²) in [5, 5.41) is 0. The molecule has 0 fully saturated rings. The van der Waals surface area contributed by atoms with E-state index in [-0.39, 0.29) is 0 Å². The van der Waals surface area contributed by atoms with Crippen molar-refractivity contribution in [3.8, 4) is 0 Å². The topological polar surface area (TPSA) is 25.9 Å². The van der Waals surface area contributed by atoms with Crippen LogP contribution in [0.25, 0.3) is 6.08 Å². The Kier molecular flexibility index (Phi) is 17.2. The lowest BCUT2D eigenvalue weighted by atomic mass is 10.2. The highest BCUT2D eigenvalue weighted by molar-refractivity contribution is 5.48. The van der Waals surface area contributed by atoms with Gasteiger partial charge in [0.2, 0.25) is 0 Å². The van der Waals surface area contributed by atoms with Crippen molar-refractivity contribution >= 4 is 6.08 Å². The molecule has 1 unspecified atom stereocenters. The van der Waals surface area contributed by atoms with E-state index in [0.717, 1.165) is 46.1 Å². The molecule has 1 atom stereocenters. The minimum Gasteiger partial charge on any atom is -0.362 e. The maximum atomic E-state index is 2.37. The number of hydrogen-bond donors (Lipinski definition) is 0. The Morgan fingerprint density at radius 2 is 0.774 bits per heavy atom. The number of nitrogens with zero attached hydrogens (tertiary/aromatic N) is 8. The first-order chi connectivity index (χ1) is 30.3. The zero-order valence-electron chi connectivity index (χ0n) is 37.4. The van der Waals surface area contributed by atoms with Crippen LogP contribution < -0.4 is 0 Å². The first-order valence-electron chi connectivity index (χ1n) is 21.8. The maximum Gasteiger partial charge on any atom is 0.0984 e. The van der Waals surface area contributed by atoms with Crippen LogP contribution in [0.1, 0.15) is 41.7 Å². The number of hydrogen-bond acceptors (Lipinski definition) is 8. The molecule has 0 N–H and O–H groups in total. The van der Waals surface area contributed by atoms with E-state index in [1.54, 1.807) is 0 Å². The van der Waals surface area contributed by atoms with Crippen molar-refractivity contribution < 1.29 is 0 Å². The molecule has 0 aliphatic carbocycles. The molecular formula is C54H66N8. The Balaban J connectivity index is 0.000000140. The Bertz CT molecular complexity index is 2090. The summed E-state index contributed by atoms with van der Waals surface area (Å²) in [4.78, 5) is 18.2. The third-order valence-corrected chi connectivity index (χ3v) is 11.1. The molecule has 322 valence electrons. The fraction of sp³-hybridized carbons (Fsp3) is 0.259. The van der Waals surface area contributed by atoms with Crippen molar-refractivity contribution in [1.29, 1.82) is 0 Å². The molecule has 62 heavy (non-hydrogen) atoms. The predicted molar refractivity (Wildman–Crippen MR) is 259 cm³/mol. The quantitative estimate of drug-likeness (QED) is 0.130. The van der Waals surface area contributed by atoms with Crippen molar-refractivity contribution in [2.24, 2.45) is 0 Å². The predicted octanol–water partition coefficient (Wildman–Crippen LogP) is 10.3. The molecule has 0 bridgehead atoms. The fourth-order valence-corrected chi connectivity index (χ4v) is 7.33. The average Bonchev–Trinajstić information content (AvgIpc) is 4.09. The molecule has 5 aromatic rings. The van der Waals surface area contributed by atoms with E-state index in [1.165, 1.54) is 27.8 Å².